The molecule has 3 rings (SSSR count). The van der Waals surface area contributed by atoms with Gasteiger partial charge in [-0.3, -0.25) is 9.69 Å². The minimum absolute atomic E-state index is 0.0446. The molecule has 1 aliphatic heterocycles. The first-order chi connectivity index (χ1) is 13.3. The first kappa shape index (κ1) is 21.3. The number of carbonyl (C=O) groups excluding carboxylic acids is 1. The molecule has 0 bridgehead atoms. The molecule has 2 fully saturated rings. The molecule has 1 saturated carbocycles. The third-order valence-electron chi connectivity index (χ3n) is 6.60. The number of carbonyl (C=O) groups is 1. The highest BCUT2D eigenvalue weighted by molar-refractivity contribution is 5.77. The summed E-state index contributed by atoms with van der Waals surface area (Å²) < 4.78 is 13.6. The zero-order valence-electron chi connectivity index (χ0n) is 17.9. The standard InChI is InChI=1S/C23H36FN3O/c1-5-26-10-12-27(13-11-26)23(3,4)16-25-22(28)15-20(18-6-7-18)19-8-9-21(24)17(2)14-19/h8-9,14,18,20H,5-7,10-13,15-16H2,1-4H3,(H,25,28). The van der Waals surface area contributed by atoms with E-state index in [-0.39, 0.29) is 23.2 Å². The highest BCUT2D eigenvalue weighted by Gasteiger charge is 2.35. The van der Waals surface area contributed by atoms with E-state index in [9.17, 15) is 9.18 Å². The van der Waals surface area contributed by atoms with Crippen molar-refractivity contribution in [2.45, 2.75) is 58.4 Å². The van der Waals surface area contributed by atoms with Gasteiger partial charge < -0.3 is 10.2 Å². The largest absolute Gasteiger partial charge is 0.354 e. The normalized spacial score (nSPS) is 20.2. The summed E-state index contributed by atoms with van der Waals surface area (Å²) in [6.45, 7) is 14.5. The predicted octanol–water partition coefficient (Wildman–Crippen LogP) is 3.55. The van der Waals surface area contributed by atoms with Gasteiger partial charge in [-0.15, -0.1) is 0 Å². The van der Waals surface area contributed by atoms with Crippen LogP contribution in [0.3, 0.4) is 0 Å². The summed E-state index contributed by atoms with van der Waals surface area (Å²) in [5.74, 6) is 0.702. The second-order valence-corrected chi connectivity index (χ2v) is 9.17. The highest BCUT2D eigenvalue weighted by atomic mass is 19.1. The van der Waals surface area contributed by atoms with Crippen LogP contribution in [0.4, 0.5) is 4.39 Å². The van der Waals surface area contributed by atoms with Crippen molar-refractivity contribution in [3.63, 3.8) is 0 Å². The second kappa shape index (κ2) is 8.91. The van der Waals surface area contributed by atoms with E-state index in [1.807, 2.05) is 12.1 Å². The van der Waals surface area contributed by atoms with Gasteiger partial charge in [-0.25, -0.2) is 4.39 Å². The first-order valence-electron chi connectivity index (χ1n) is 10.8. The van der Waals surface area contributed by atoms with Crippen molar-refractivity contribution < 1.29 is 9.18 Å². The Morgan fingerprint density at radius 3 is 2.50 bits per heavy atom. The van der Waals surface area contributed by atoms with Crippen molar-refractivity contribution in [1.29, 1.82) is 0 Å². The van der Waals surface area contributed by atoms with Gasteiger partial charge in [0.05, 0.1) is 0 Å². The Morgan fingerprint density at radius 1 is 1.25 bits per heavy atom. The molecule has 4 nitrogen and oxygen atoms in total. The third kappa shape index (κ3) is 5.32. The number of hydrogen-bond donors (Lipinski definition) is 1. The van der Waals surface area contributed by atoms with E-state index in [4.69, 9.17) is 0 Å². The third-order valence-corrected chi connectivity index (χ3v) is 6.60. The molecule has 2 aliphatic rings. The van der Waals surface area contributed by atoms with E-state index in [2.05, 4.69) is 35.9 Å². The van der Waals surface area contributed by atoms with Gasteiger partial charge in [0, 0.05) is 44.7 Å². The monoisotopic (exact) mass is 389 g/mol. The summed E-state index contributed by atoms with van der Waals surface area (Å²) in [6.07, 6.45) is 2.83. The Hall–Kier alpha value is -1.46. The molecule has 1 aromatic rings. The van der Waals surface area contributed by atoms with Crippen LogP contribution in [-0.4, -0.2) is 60.5 Å². The Kier molecular flexibility index (Phi) is 6.77. The van der Waals surface area contributed by atoms with Crippen LogP contribution in [0.25, 0.3) is 0 Å². The van der Waals surface area contributed by atoms with Crippen LogP contribution in [0.15, 0.2) is 18.2 Å². The van der Waals surface area contributed by atoms with Crippen LogP contribution >= 0.6 is 0 Å². The zero-order valence-corrected chi connectivity index (χ0v) is 17.9. The fraction of sp³-hybridized carbons (Fsp3) is 0.696. The lowest BCUT2D eigenvalue weighted by Crippen LogP contribution is -2.58. The molecular formula is C23H36FN3O. The summed E-state index contributed by atoms with van der Waals surface area (Å²) >= 11 is 0. The van der Waals surface area contributed by atoms with Crippen molar-refractivity contribution in [3.8, 4) is 0 Å². The lowest BCUT2D eigenvalue weighted by Gasteiger charge is -2.44. The average Bonchev–Trinajstić information content (AvgIpc) is 3.52. The summed E-state index contributed by atoms with van der Waals surface area (Å²) in [6, 6.07) is 5.31. The number of aryl methyl sites for hydroxylation is 1. The Labute approximate surface area is 169 Å². The summed E-state index contributed by atoms with van der Waals surface area (Å²) in [4.78, 5) is 17.7. The molecule has 1 unspecified atom stereocenters. The van der Waals surface area contributed by atoms with Crippen molar-refractivity contribution in [1.82, 2.24) is 15.1 Å². The van der Waals surface area contributed by atoms with E-state index < -0.39 is 0 Å². The number of rotatable bonds is 8. The van der Waals surface area contributed by atoms with Crippen molar-refractivity contribution in [3.05, 3.63) is 35.1 Å². The lowest BCUT2D eigenvalue weighted by atomic mass is 9.89. The van der Waals surface area contributed by atoms with Gasteiger partial charge in [0.25, 0.3) is 0 Å². The molecule has 0 aromatic heterocycles. The van der Waals surface area contributed by atoms with Gasteiger partial charge in [-0.1, -0.05) is 19.1 Å². The van der Waals surface area contributed by atoms with Crippen LogP contribution in [0.1, 0.15) is 57.1 Å². The summed E-state index contributed by atoms with van der Waals surface area (Å²) in [5.41, 5.74) is 1.72. The van der Waals surface area contributed by atoms with Crippen LogP contribution in [-0.2, 0) is 4.79 Å². The van der Waals surface area contributed by atoms with Crippen molar-refractivity contribution in [2.75, 3.05) is 39.3 Å². The van der Waals surface area contributed by atoms with Crippen LogP contribution in [0.5, 0.6) is 0 Å². The zero-order chi connectivity index (χ0) is 20.3. The van der Waals surface area contributed by atoms with Crippen LogP contribution < -0.4 is 5.32 Å². The molecule has 156 valence electrons. The predicted molar refractivity (Wildman–Crippen MR) is 112 cm³/mol. The quantitative estimate of drug-likeness (QED) is 0.739. The average molecular weight is 390 g/mol. The van der Waals surface area contributed by atoms with Gasteiger partial charge in [-0.2, -0.15) is 0 Å². The maximum Gasteiger partial charge on any atom is 0.220 e. The summed E-state index contributed by atoms with van der Waals surface area (Å²) in [7, 11) is 0. The number of benzene rings is 1. The SMILES string of the molecule is CCN1CCN(C(C)(C)CNC(=O)CC(c2ccc(F)c(C)c2)C2CC2)CC1. The molecule has 1 heterocycles. The summed E-state index contributed by atoms with van der Waals surface area (Å²) in [5, 5.41) is 3.19. The fourth-order valence-electron chi connectivity index (χ4n) is 4.32. The molecule has 1 N–H and O–H groups in total. The smallest absolute Gasteiger partial charge is 0.220 e. The number of likely N-dealkylation sites (N-methyl/N-ethyl adjacent to an activating group) is 1. The number of nitrogens with zero attached hydrogens (tertiary/aromatic N) is 2. The fourth-order valence-corrected chi connectivity index (χ4v) is 4.32. The van der Waals surface area contributed by atoms with Gasteiger partial charge in [0.2, 0.25) is 5.91 Å². The van der Waals surface area contributed by atoms with Crippen molar-refractivity contribution >= 4 is 5.91 Å². The first-order valence-corrected chi connectivity index (χ1v) is 10.8. The Bertz CT molecular complexity index is 678. The number of amides is 1. The van der Waals surface area contributed by atoms with Gasteiger partial charge in [-0.05, 0) is 69.2 Å². The van der Waals surface area contributed by atoms with Gasteiger partial charge in [0.15, 0.2) is 0 Å². The number of hydrogen-bond acceptors (Lipinski definition) is 3. The Balaban J connectivity index is 1.54. The van der Waals surface area contributed by atoms with Crippen molar-refractivity contribution in [2.24, 2.45) is 5.92 Å². The Morgan fingerprint density at radius 2 is 1.93 bits per heavy atom. The van der Waals surface area contributed by atoms with E-state index in [0.29, 0.717) is 24.4 Å². The molecule has 1 amide bonds. The maximum atomic E-state index is 13.6. The molecule has 1 aromatic carbocycles. The maximum absolute atomic E-state index is 13.6. The number of nitrogens with one attached hydrogen (secondary N) is 1. The van der Waals surface area contributed by atoms with E-state index >= 15 is 0 Å². The molecule has 1 saturated heterocycles. The lowest BCUT2D eigenvalue weighted by molar-refractivity contribution is -0.122. The van der Waals surface area contributed by atoms with E-state index in [1.165, 1.54) is 18.9 Å². The molecule has 5 heteroatoms. The molecule has 28 heavy (non-hydrogen) atoms. The molecule has 0 spiro atoms. The van der Waals surface area contributed by atoms with Crippen LogP contribution in [0.2, 0.25) is 0 Å². The molecular weight excluding hydrogens is 353 g/mol. The van der Waals surface area contributed by atoms with E-state index in [0.717, 1.165) is 38.3 Å². The number of piperazine rings is 1. The van der Waals surface area contributed by atoms with Gasteiger partial charge in [0.1, 0.15) is 5.82 Å². The highest BCUT2D eigenvalue weighted by Crippen LogP contribution is 2.44. The number of halogens is 1. The second-order valence-electron chi connectivity index (χ2n) is 9.17. The molecule has 1 atom stereocenters. The molecule has 0 radical (unpaired) electrons. The van der Waals surface area contributed by atoms with E-state index in [1.54, 1.807) is 6.92 Å². The molecule has 1 aliphatic carbocycles. The topological polar surface area (TPSA) is 35.6 Å². The van der Waals surface area contributed by atoms with Gasteiger partial charge >= 0.3 is 0 Å². The van der Waals surface area contributed by atoms with Crippen LogP contribution in [0, 0.1) is 18.7 Å². The minimum Gasteiger partial charge on any atom is -0.354 e. The minimum atomic E-state index is -0.173.